The van der Waals surface area contributed by atoms with E-state index in [0.717, 1.165) is 32.7 Å². The molecule has 0 spiro atoms. The molecule has 0 aromatic heterocycles. The van der Waals surface area contributed by atoms with Crippen molar-refractivity contribution >= 4 is 0 Å². The smallest absolute Gasteiger partial charge is 0.0717 e. The number of likely N-dealkylation sites (N-methyl/N-ethyl adjacent to an activating group) is 1. The fraction of sp³-hybridized carbons (Fsp3) is 0.600. The van der Waals surface area contributed by atoms with Gasteiger partial charge in [0.1, 0.15) is 0 Å². The first-order valence-corrected chi connectivity index (χ1v) is 6.58. The second-order valence-electron chi connectivity index (χ2n) is 4.83. The van der Waals surface area contributed by atoms with Crippen LogP contribution in [0, 0.1) is 5.92 Å². The van der Waals surface area contributed by atoms with Crippen molar-refractivity contribution in [2.45, 2.75) is 33.8 Å². The van der Waals surface area contributed by atoms with E-state index >= 15 is 0 Å². The molecule has 1 aromatic rings. The minimum atomic E-state index is 0.606. The van der Waals surface area contributed by atoms with E-state index in [1.807, 2.05) is 0 Å². The van der Waals surface area contributed by atoms with Crippen molar-refractivity contribution in [3.05, 3.63) is 35.4 Å². The lowest BCUT2D eigenvalue weighted by Crippen LogP contribution is -2.15. The van der Waals surface area contributed by atoms with Crippen LogP contribution in [-0.4, -0.2) is 19.7 Å². The predicted molar refractivity (Wildman–Crippen MR) is 73.2 cm³/mol. The Labute approximate surface area is 105 Å². The number of ether oxygens (including phenoxy) is 1. The Hall–Kier alpha value is -0.860. The van der Waals surface area contributed by atoms with E-state index in [4.69, 9.17) is 4.74 Å². The van der Waals surface area contributed by atoms with Gasteiger partial charge in [-0.1, -0.05) is 45.0 Å². The van der Waals surface area contributed by atoms with Crippen LogP contribution in [0.25, 0.3) is 0 Å². The third-order valence-corrected chi connectivity index (χ3v) is 2.58. The molecule has 0 amide bonds. The van der Waals surface area contributed by atoms with Gasteiger partial charge in [0, 0.05) is 6.61 Å². The molecule has 0 fully saturated rings. The lowest BCUT2D eigenvalue weighted by atomic mass is 10.1. The molecule has 96 valence electrons. The van der Waals surface area contributed by atoms with Gasteiger partial charge < -0.3 is 10.1 Å². The van der Waals surface area contributed by atoms with Crippen LogP contribution in [0.1, 0.15) is 31.9 Å². The highest BCUT2D eigenvalue weighted by atomic mass is 16.5. The molecule has 1 N–H and O–H groups in total. The molecule has 0 aliphatic rings. The number of hydrogen-bond donors (Lipinski definition) is 1. The van der Waals surface area contributed by atoms with E-state index < -0.39 is 0 Å². The van der Waals surface area contributed by atoms with Gasteiger partial charge >= 0.3 is 0 Å². The van der Waals surface area contributed by atoms with Crippen molar-refractivity contribution in [3.63, 3.8) is 0 Å². The first kappa shape index (κ1) is 14.2. The summed E-state index contributed by atoms with van der Waals surface area (Å²) in [5.41, 5.74) is 2.65. The zero-order valence-corrected chi connectivity index (χ0v) is 11.3. The maximum absolute atomic E-state index is 5.61. The van der Waals surface area contributed by atoms with Gasteiger partial charge in [0.2, 0.25) is 0 Å². The summed E-state index contributed by atoms with van der Waals surface area (Å²) in [5, 5.41) is 3.33. The second kappa shape index (κ2) is 8.26. The normalized spacial score (nSPS) is 11.1. The Balaban J connectivity index is 2.29. The minimum Gasteiger partial charge on any atom is -0.377 e. The van der Waals surface area contributed by atoms with Crippen LogP contribution in [-0.2, 0) is 17.8 Å². The average molecular weight is 235 g/mol. The quantitative estimate of drug-likeness (QED) is 0.699. The van der Waals surface area contributed by atoms with Crippen molar-refractivity contribution in [2.75, 3.05) is 19.7 Å². The average Bonchev–Trinajstić information content (AvgIpc) is 2.31. The monoisotopic (exact) mass is 235 g/mol. The highest BCUT2D eigenvalue weighted by Gasteiger charge is 1.97. The topological polar surface area (TPSA) is 21.3 Å². The van der Waals surface area contributed by atoms with Gasteiger partial charge in [0.05, 0.1) is 6.61 Å². The van der Waals surface area contributed by atoms with E-state index in [-0.39, 0.29) is 0 Å². The maximum Gasteiger partial charge on any atom is 0.0717 e. The van der Waals surface area contributed by atoms with Crippen molar-refractivity contribution in [3.8, 4) is 0 Å². The SMILES string of the molecule is CCNCCc1ccc(COCC(C)C)cc1. The Bertz CT molecular complexity index is 292. The molecule has 1 aromatic carbocycles. The van der Waals surface area contributed by atoms with E-state index in [1.54, 1.807) is 0 Å². The van der Waals surface area contributed by atoms with Crippen LogP contribution >= 0.6 is 0 Å². The molecule has 0 atom stereocenters. The number of benzene rings is 1. The van der Waals surface area contributed by atoms with Crippen LogP contribution in [0.2, 0.25) is 0 Å². The van der Waals surface area contributed by atoms with Gasteiger partial charge in [-0.25, -0.2) is 0 Å². The first-order valence-electron chi connectivity index (χ1n) is 6.58. The molecule has 2 nitrogen and oxygen atoms in total. The Morgan fingerprint density at radius 1 is 1.12 bits per heavy atom. The van der Waals surface area contributed by atoms with E-state index in [2.05, 4.69) is 50.4 Å². The lowest BCUT2D eigenvalue weighted by Gasteiger charge is -2.08. The van der Waals surface area contributed by atoms with Crippen LogP contribution in [0.4, 0.5) is 0 Å². The largest absolute Gasteiger partial charge is 0.377 e. The molecule has 0 saturated carbocycles. The molecular formula is C15H25NO. The standard InChI is InChI=1S/C15H25NO/c1-4-16-10-9-14-5-7-15(8-6-14)12-17-11-13(2)3/h5-8,13,16H,4,9-12H2,1-3H3. The molecular weight excluding hydrogens is 210 g/mol. The van der Waals surface area contributed by atoms with Gasteiger partial charge in [-0.15, -0.1) is 0 Å². The Morgan fingerprint density at radius 3 is 2.35 bits per heavy atom. The third kappa shape index (κ3) is 6.44. The number of rotatable bonds is 8. The van der Waals surface area contributed by atoms with Crippen LogP contribution in [0.3, 0.4) is 0 Å². The fourth-order valence-electron chi connectivity index (χ4n) is 1.62. The van der Waals surface area contributed by atoms with Crippen LogP contribution in [0.5, 0.6) is 0 Å². The summed E-state index contributed by atoms with van der Waals surface area (Å²) < 4.78 is 5.61. The summed E-state index contributed by atoms with van der Waals surface area (Å²) in [6.45, 7) is 10.1. The number of nitrogens with one attached hydrogen (secondary N) is 1. The summed E-state index contributed by atoms with van der Waals surface area (Å²) >= 11 is 0. The van der Waals surface area contributed by atoms with Crippen molar-refractivity contribution in [2.24, 2.45) is 5.92 Å². The molecule has 0 unspecified atom stereocenters. The zero-order chi connectivity index (χ0) is 12.5. The van der Waals surface area contributed by atoms with Crippen molar-refractivity contribution in [1.29, 1.82) is 0 Å². The molecule has 0 aliphatic carbocycles. The molecule has 0 bridgehead atoms. The predicted octanol–water partition coefficient (Wildman–Crippen LogP) is 3.01. The molecule has 17 heavy (non-hydrogen) atoms. The van der Waals surface area contributed by atoms with Crippen molar-refractivity contribution in [1.82, 2.24) is 5.32 Å². The van der Waals surface area contributed by atoms with Gasteiger partial charge in [-0.3, -0.25) is 0 Å². The molecule has 2 heteroatoms. The Morgan fingerprint density at radius 2 is 1.76 bits per heavy atom. The van der Waals surface area contributed by atoms with Crippen molar-refractivity contribution < 1.29 is 4.74 Å². The maximum atomic E-state index is 5.61. The molecule has 1 rings (SSSR count). The van der Waals surface area contributed by atoms with E-state index in [1.165, 1.54) is 11.1 Å². The molecule has 0 radical (unpaired) electrons. The lowest BCUT2D eigenvalue weighted by molar-refractivity contribution is 0.0971. The third-order valence-electron chi connectivity index (χ3n) is 2.58. The van der Waals surface area contributed by atoms with Gasteiger partial charge in [0.15, 0.2) is 0 Å². The highest BCUT2D eigenvalue weighted by Crippen LogP contribution is 2.07. The van der Waals surface area contributed by atoms with Gasteiger partial charge in [-0.2, -0.15) is 0 Å². The highest BCUT2D eigenvalue weighted by molar-refractivity contribution is 5.22. The van der Waals surface area contributed by atoms with E-state index in [9.17, 15) is 0 Å². The summed E-state index contributed by atoms with van der Waals surface area (Å²) in [6, 6.07) is 8.74. The second-order valence-corrected chi connectivity index (χ2v) is 4.83. The molecule has 0 heterocycles. The zero-order valence-electron chi connectivity index (χ0n) is 11.3. The molecule has 0 aliphatic heterocycles. The summed E-state index contributed by atoms with van der Waals surface area (Å²) in [5.74, 6) is 0.606. The summed E-state index contributed by atoms with van der Waals surface area (Å²) in [7, 11) is 0. The minimum absolute atomic E-state index is 0.606. The fourth-order valence-corrected chi connectivity index (χ4v) is 1.62. The van der Waals surface area contributed by atoms with Gasteiger partial charge in [0.25, 0.3) is 0 Å². The molecule has 0 saturated heterocycles. The Kier molecular flexibility index (Phi) is 6.90. The summed E-state index contributed by atoms with van der Waals surface area (Å²) in [6.07, 6.45) is 1.10. The van der Waals surface area contributed by atoms with Crippen LogP contribution in [0.15, 0.2) is 24.3 Å². The number of hydrogen-bond acceptors (Lipinski definition) is 2. The van der Waals surface area contributed by atoms with Crippen LogP contribution < -0.4 is 5.32 Å². The summed E-state index contributed by atoms with van der Waals surface area (Å²) in [4.78, 5) is 0. The first-order chi connectivity index (χ1) is 8.22. The van der Waals surface area contributed by atoms with Gasteiger partial charge in [-0.05, 0) is 36.6 Å². The van der Waals surface area contributed by atoms with E-state index in [0.29, 0.717) is 5.92 Å².